The van der Waals surface area contributed by atoms with E-state index in [0.717, 1.165) is 29.4 Å². The number of rotatable bonds is 10. The van der Waals surface area contributed by atoms with Crippen LogP contribution in [0.15, 0.2) is 12.2 Å². The van der Waals surface area contributed by atoms with Crippen molar-refractivity contribution in [2.24, 2.45) is 0 Å². The number of imide groups is 1. The molecule has 20 heavy (non-hydrogen) atoms. The number of nitrogens with zero attached hydrogens (tertiary/aromatic N) is 1. The van der Waals surface area contributed by atoms with Gasteiger partial charge in [0.15, 0.2) is 0 Å². The van der Waals surface area contributed by atoms with Gasteiger partial charge >= 0.3 is 5.97 Å². The fourth-order valence-electron chi connectivity index (χ4n) is 1.55. The molecule has 0 bridgehead atoms. The van der Waals surface area contributed by atoms with Crippen LogP contribution in [0, 0.1) is 0 Å². The number of thioether (sulfide) groups is 1. The molecule has 1 heterocycles. The van der Waals surface area contributed by atoms with Crippen molar-refractivity contribution in [3.05, 3.63) is 12.2 Å². The number of hydrogen-bond acceptors (Lipinski definition) is 6. The van der Waals surface area contributed by atoms with Gasteiger partial charge in [-0.05, 0) is 12.2 Å². The van der Waals surface area contributed by atoms with E-state index in [4.69, 9.17) is 9.47 Å². The summed E-state index contributed by atoms with van der Waals surface area (Å²) in [5, 5.41) is 0. The van der Waals surface area contributed by atoms with Gasteiger partial charge in [0.05, 0.1) is 6.42 Å². The Bertz CT molecular complexity index is 365. The monoisotopic (exact) mass is 301 g/mol. The number of ether oxygens (including phenoxy) is 2. The van der Waals surface area contributed by atoms with E-state index in [1.165, 1.54) is 12.2 Å². The second-order valence-electron chi connectivity index (χ2n) is 4.09. The number of esters is 1. The lowest BCUT2D eigenvalue weighted by molar-refractivity contribution is -0.144. The van der Waals surface area contributed by atoms with Crippen LogP contribution in [0.4, 0.5) is 0 Å². The Balaban J connectivity index is 2.01. The minimum Gasteiger partial charge on any atom is -0.465 e. The highest BCUT2D eigenvalue weighted by Gasteiger charge is 2.23. The molecule has 112 valence electrons. The van der Waals surface area contributed by atoms with Gasteiger partial charge in [-0.2, -0.15) is 11.8 Å². The molecule has 7 heteroatoms. The van der Waals surface area contributed by atoms with Gasteiger partial charge in [0.25, 0.3) is 11.8 Å². The first-order valence-corrected chi connectivity index (χ1v) is 7.56. The van der Waals surface area contributed by atoms with E-state index >= 15 is 0 Å². The lowest BCUT2D eigenvalue weighted by Crippen LogP contribution is -2.32. The van der Waals surface area contributed by atoms with Gasteiger partial charge in [0.1, 0.15) is 6.61 Å². The van der Waals surface area contributed by atoms with Crippen LogP contribution < -0.4 is 0 Å². The largest absolute Gasteiger partial charge is 0.465 e. The Labute approximate surface area is 122 Å². The zero-order valence-electron chi connectivity index (χ0n) is 11.5. The van der Waals surface area contributed by atoms with Gasteiger partial charge in [0.2, 0.25) is 0 Å². The zero-order valence-corrected chi connectivity index (χ0v) is 12.3. The fraction of sp³-hybridized carbons (Fsp3) is 0.615. The molecule has 0 saturated carbocycles. The third-order valence-electron chi connectivity index (χ3n) is 2.57. The number of amides is 2. The molecule has 1 rings (SSSR count). The molecule has 0 spiro atoms. The van der Waals surface area contributed by atoms with Crippen LogP contribution in [0.2, 0.25) is 0 Å². The summed E-state index contributed by atoms with van der Waals surface area (Å²) in [7, 11) is 1.66. The van der Waals surface area contributed by atoms with Crippen molar-refractivity contribution >= 4 is 29.5 Å². The molecule has 0 atom stereocenters. The van der Waals surface area contributed by atoms with Gasteiger partial charge in [0, 0.05) is 38.2 Å². The number of carbonyl (C=O) groups excluding carboxylic acids is 3. The predicted octanol–water partition coefficient (Wildman–Crippen LogP) is 0.614. The van der Waals surface area contributed by atoms with Crippen LogP contribution in [0.25, 0.3) is 0 Å². The average molecular weight is 301 g/mol. The summed E-state index contributed by atoms with van der Waals surface area (Å²) >= 11 is 1.69. The Morgan fingerprint density at radius 2 is 1.90 bits per heavy atom. The van der Waals surface area contributed by atoms with Crippen molar-refractivity contribution in [1.29, 1.82) is 0 Å². The Morgan fingerprint density at radius 3 is 2.55 bits per heavy atom. The summed E-state index contributed by atoms with van der Waals surface area (Å²) in [5.41, 5.74) is 0. The van der Waals surface area contributed by atoms with Gasteiger partial charge < -0.3 is 9.47 Å². The molecule has 1 aliphatic rings. The standard InChI is InChI=1S/C13H19NO5S/c1-18-7-2-9-20-10-8-19-13(17)5-6-14-11(15)3-4-12(14)16/h3-4H,2,5-10H2,1H3. The van der Waals surface area contributed by atoms with Crippen LogP contribution >= 0.6 is 11.8 Å². The molecule has 0 N–H and O–H groups in total. The smallest absolute Gasteiger partial charge is 0.307 e. The molecular weight excluding hydrogens is 282 g/mol. The third-order valence-corrected chi connectivity index (χ3v) is 3.60. The van der Waals surface area contributed by atoms with Crippen molar-refractivity contribution in [1.82, 2.24) is 4.90 Å². The predicted molar refractivity (Wildman–Crippen MR) is 75.3 cm³/mol. The van der Waals surface area contributed by atoms with Crippen LogP contribution in [-0.2, 0) is 23.9 Å². The van der Waals surface area contributed by atoms with Crippen molar-refractivity contribution in [3.8, 4) is 0 Å². The molecule has 6 nitrogen and oxygen atoms in total. The summed E-state index contributed by atoms with van der Waals surface area (Å²) < 4.78 is 9.94. The van der Waals surface area contributed by atoms with E-state index in [0.29, 0.717) is 6.61 Å². The van der Waals surface area contributed by atoms with Crippen LogP contribution in [0.1, 0.15) is 12.8 Å². The van der Waals surface area contributed by atoms with Crippen molar-refractivity contribution < 1.29 is 23.9 Å². The number of methoxy groups -OCH3 is 1. The molecule has 0 fully saturated rings. The molecule has 0 aromatic heterocycles. The lowest BCUT2D eigenvalue weighted by Gasteiger charge is -2.12. The zero-order chi connectivity index (χ0) is 14.8. The van der Waals surface area contributed by atoms with Crippen molar-refractivity contribution in [2.75, 3.05) is 38.4 Å². The maximum Gasteiger partial charge on any atom is 0.307 e. The minimum absolute atomic E-state index is 0.0352. The highest BCUT2D eigenvalue weighted by Crippen LogP contribution is 2.05. The lowest BCUT2D eigenvalue weighted by atomic mass is 10.4. The quantitative estimate of drug-likeness (QED) is 0.334. The summed E-state index contributed by atoms with van der Waals surface area (Å²) in [6.45, 7) is 1.15. The van der Waals surface area contributed by atoms with Gasteiger partial charge in [-0.1, -0.05) is 0 Å². The van der Waals surface area contributed by atoms with E-state index in [-0.39, 0.29) is 24.8 Å². The fourth-order valence-corrected chi connectivity index (χ4v) is 2.28. The van der Waals surface area contributed by atoms with Crippen LogP contribution in [0.3, 0.4) is 0 Å². The Hall–Kier alpha value is -1.34. The Morgan fingerprint density at radius 1 is 1.20 bits per heavy atom. The van der Waals surface area contributed by atoms with Gasteiger partial charge in [-0.15, -0.1) is 0 Å². The second kappa shape index (κ2) is 9.55. The minimum atomic E-state index is -0.394. The molecule has 0 aliphatic carbocycles. The van der Waals surface area contributed by atoms with E-state index in [1.807, 2.05) is 0 Å². The summed E-state index contributed by atoms with van der Waals surface area (Å²) in [4.78, 5) is 34.9. The normalized spacial score (nSPS) is 14.2. The maximum atomic E-state index is 11.4. The molecule has 0 aromatic carbocycles. The van der Waals surface area contributed by atoms with Crippen LogP contribution in [-0.4, -0.2) is 61.1 Å². The first kappa shape index (κ1) is 16.7. The summed E-state index contributed by atoms with van der Waals surface area (Å²) in [6, 6.07) is 0. The van der Waals surface area contributed by atoms with Gasteiger partial charge in [-0.3, -0.25) is 19.3 Å². The molecular formula is C13H19NO5S. The number of hydrogen-bond donors (Lipinski definition) is 0. The van der Waals surface area contributed by atoms with Crippen molar-refractivity contribution in [2.45, 2.75) is 12.8 Å². The summed E-state index contributed by atoms with van der Waals surface area (Å²) in [5.74, 6) is 0.551. The third kappa shape index (κ3) is 6.21. The number of carbonyl (C=O) groups is 3. The molecule has 2 amide bonds. The molecule has 0 radical (unpaired) electrons. The molecule has 1 aliphatic heterocycles. The second-order valence-corrected chi connectivity index (χ2v) is 5.32. The van der Waals surface area contributed by atoms with Crippen molar-refractivity contribution in [3.63, 3.8) is 0 Å². The Kier molecular flexibility index (Phi) is 7.98. The average Bonchev–Trinajstić information content (AvgIpc) is 2.75. The first-order valence-electron chi connectivity index (χ1n) is 6.41. The topological polar surface area (TPSA) is 72.9 Å². The summed E-state index contributed by atoms with van der Waals surface area (Å²) in [6.07, 6.45) is 3.41. The van der Waals surface area contributed by atoms with E-state index < -0.39 is 5.97 Å². The molecule has 0 unspecified atom stereocenters. The first-order chi connectivity index (χ1) is 9.65. The van der Waals surface area contributed by atoms with E-state index in [2.05, 4.69) is 0 Å². The highest BCUT2D eigenvalue weighted by molar-refractivity contribution is 7.99. The van der Waals surface area contributed by atoms with Crippen LogP contribution in [0.5, 0.6) is 0 Å². The SMILES string of the molecule is COCCCSCCOC(=O)CCN1C(=O)C=CC1=O. The maximum absolute atomic E-state index is 11.4. The highest BCUT2D eigenvalue weighted by atomic mass is 32.2. The molecule has 0 aromatic rings. The van der Waals surface area contributed by atoms with E-state index in [1.54, 1.807) is 18.9 Å². The van der Waals surface area contributed by atoms with E-state index in [9.17, 15) is 14.4 Å². The molecule has 0 saturated heterocycles. The van der Waals surface area contributed by atoms with Gasteiger partial charge in [-0.25, -0.2) is 0 Å².